The van der Waals surface area contributed by atoms with Crippen molar-refractivity contribution in [2.75, 3.05) is 65.1 Å². The molecule has 3 aliphatic rings. The smallest absolute Gasteiger partial charge is 0.263 e. The first-order valence-corrected chi connectivity index (χ1v) is 20.6. The molecule has 1 N–H and O–H groups in total. The topological polar surface area (TPSA) is 89.6 Å². The molecule has 0 bridgehead atoms. The second kappa shape index (κ2) is 19.2. The highest BCUT2D eigenvalue weighted by Gasteiger charge is 2.38. The second-order valence-electron chi connectivity index (χ2n) is 14.9. The van der Waals surface area contributed by atoms with Gasteiger partial charge in [-0.25, -0.2) is 4.21 Å². The van der Waals surface area contributed by atoms with Gasteiger partial charge in [0.25, 0.3) is 5.91 Å². The Kier molecular flexibility index (Phi) is 15.1. The summed E-state index contributed by atoms with van der Waals surface area (Å²) in [7, 11) is 2.33. The Labute approximate surface area is 313 Å². The predicted octanol–water partition coefficient (Wildman–Crippen LogP) is 7.23. The number of hydrogen-bond acceptors (Lipinski definition) is 8. The van der Waals surface area contributed by atoms with E-state index in [2.05, 4.69) is 54.5 Å². The number of methoxy groups -OCH3 is 1. The maximum atomic E-state index is 13.5. The van der Waals surface area contributed by atoms with Crippen LogP contribution in [-0.2, 0) is 31.6 Å². The zero-order chi connectivity index (χ0) is 36.5. The first-order valence-electron chi connectivity index (χ1n) is 19.1. The van der Waals surface area contributed by atoms with Crippen LogP contribution in [0.3, 0.4) is 0 Å². The van der Waals surface area contributed by atoms with Crippen molar-refractivity contribution in [3.63, 3.8) is 0 Å². The largest absolute Gasteiger partial charge is 0.491 e. The van der Waals surface area contributed by atoms with E-state index in [4.69, 9.17) is 30.5 Å². The van der Waals surface area contributed by atoms with Crippen molar-refractivity contribution < 1.29 is 28.0 Å². The van der Waals surface area contributed by atoms with Crippen molar-refractivity contribution in [2.45, 2.75) is 96.1 Å². The molecule has 6 unspecified atom stereocenters. The number of aryl methyl sites for hydroxylation is 1. The number of rotatable bonds is 17. The van der Waals surface area contributed by atoms with Crippen molar-refractivity contribution >= 4 is 34.2 Å². The van der Waals surface area contributed by atoms with Gasteiger partial charge < -0.3 is 23.8 Å². The fourth-order valence-corrected chi connectivity index (χ4v) is 8.90. The Bertz CT molecular complexity index is 1460. The molecule has 1 aliphatic carbocycles. The molecule has 2 aromatic carbocycles. The lowest BCUT2D eigenvalue weighted by atomic mass is 9.71. The zero-order valence-corrected chi connectivity index (χ0v) is 33.1. The number of benzene rings is 2. The van der Waals surface area contributed by atoms with E-state index < -0.39 is 11.0 Å². The van der Waals surface area contributed by atoms with Gasteiger partial charge in [0.05, 0.1) is 43.4 Å². The number of anilines is 1. The normalized spacial score (nSPS) is 25.3. The quantitative estimate of drug-likeness (QED) is 0.182. The number of carbonyl (C=O) groups excluding carboxylic acids is 1. The summed E-state index contributed by atoms with van der Waals surface area (Å²) in [6, 6.07) is 12.1. The number of hydrogen-bond donors (Lipinski definition) is 1. The summed E-state index contributed by atoms with van der Waals surface area (Å²) in [6.45, 7) is 13.3. The molecule has 284 valence electrons. The molecule has 6 atom stereocenters. The van der Waals surface area contributed by atoms with Crippen LogP contribution < -0.4 is 14.4 Å². The molecular weight excluding hydrogens is 686 g/mol. The van der Waals surface area contributed by atoms with E-state index in [0.717, 1.165) is 81.0 Å². The molecule has 0 radical (unpaired) electrons. The first kappa shape index (κ1) is 40.0. The molecule has 2 fully saturated rings. The highest BCUT2D eigenvalue weighted by molar-refractivity contribution is 7.84. The SMILES string of the molecule is CCCc1cc(Cl)ccc1C1COc2ccc(C(=O)NS(=O)C(C)C(C)CCC)cc2N(CC2CCC2CC2OCC(N(C)CCOC)CO2)C1. The predicted molar refractivity (Wildman–Crippen MR) is 206 cm³/mol. The van der Waals surface area contributed by atoms with Crippen LogP contribution in [0, 0.1) is 17.8 Å². The number of nitrogens with one attached hydrogen (secondary N) is 1. The van der Waals surface area contributed by atoms with E-state index in [1.54, 1.807) is 13.2 Å². The van der Waals surface area contributed by atoms with E-state index in [1.807, 2.05) is 25.1 Å². The van der Waals surface area contributed by atoms with Crippen LogP contribution >= 0.6 is 11.6 Å². The fraction of sp³-hybridized carbons (Fsp3) is 0.675. The van der Waals surface area contributed by atoms with Crippen LogP contribution in [0.2, 0.25) is 5.02 Å². The van der Waals surface area contributed by atoms with Crippen LogP contribution in [0.25, 0.3) is 0 Å². The highest BCUT2D eigenvalue weighted by Crippen LogP contribution is 2.43. The molecule has 2 heterocycles. The number of carbonyl (C=O) groups is 1. The van der Waals surface area contributed by atoms with Crippen molar-refractivity contribution in [2.24, 2.45) is 17.8 Å². The minimum absolute atomic E-state index is 0.123. The Morgan fingerprint density at radius 2 is 1.84 bits per heavy atom. The van der Waals surface area contributed by atoms with Crippen molar-refractivity contribution in [3.8, 4) is 5.75 Å². The highest BCUT2D eigenvalue weighted by atomic mass is 35.5. The lowest BCUT2D eigenvalue weighted by molar-refractivity contribution is -0.214. The molecule has 1 amide bonds. The molecule has 1 saturated heterocycles. The van der Waals surface area contributed by atoms with Gasteiger partial charge in [-0.05, 0) is 98.9 Å². The summed E-state index contributed by atoms with van der Waals surface area (Å²) in [5.41, 5.74) is 3.92. The molecule has 0 spiro atoms. The summed E-state index contributed by atoms with van der Waals surface area (Å²) in [5, 5.41) is 0.614. The number of fused-ring (bicyclic) bond motifs is 1. The Morgan fingerprint density at radius 1 is 1.08 bits per heavy atom. The average Bonchev–Trinajstić information content (AvgIpc) is 3.30. The number of amides is 1. The van der Waals surface area contributed by atoms with Gasteiger partial charge in [0.2, 0.25) is 0 Å². The summed E-state index contributed by atoms with van der Waals surface area (Å²) in [6.07, 6.45) is 6.92. The van der Waals surface area contributed by atoms with Gasteiger partial charge in [-0.3, -0.25) is 14.4 Å². The van der Waals surface area contributed by atoms with Crippen LogP contribution in [0.5, 0.6) is 5.75 Å². The van der Waals surface area contributed by atoms with Crippen LogP contribution in [0.1, 0.15) is 93.6 Å². The Hall–Kier alpha value is -2.21. The van der Waals surface area contributed by atoms with Crippen molar-refractivity contribution in [3.05, 3.63) is 58.1 Å². The number of ether oxygens (including phenoxy) is 4. The standard InChI is InChI=1S/C40H60ClN3O6S/c1-7-9-27(3)28(4)51(46)42-40(45)31-13-16-38-37(20-31)44(23-33(24-48-38)36-15-14-34(41)19-30(36)10-8-2)22-32-12-11-29(32)21-39-49-25-35(26-50-39)43(5)17-18-47-6/h13-16,19-20,27-29,32-33,35,39H,7-12,17-18,21-26H2,1-6H3,(H,42,45). The van der Waals surface area contributed by atoms with Gasteiger partial charge in [0.1, 0.15) is 16.7 Å². The van der Waals surface area contributed by atoms with E-state index in [9.17, 15) is 9.00 Å². The Balaban J connectivity index is 1.33. The fourth-order valence-electron chi connectivity index (χ4n) is 7.66. The van der Waals surface area contributed by atoms with Gasteiger partial charge in [-0.2, -0.15) is 0 Å². The minimum Gasteiger partial charge on any atom is -0.491 e. The third kappa shape index (κ3) is 10.5. The molecular formula is C40H60ClN3O6S. The maximum Gasteiger partial charge on any atom is 0.263 e. The summed E-state index contributed by atoms with van der Waals surface area (Å²) >= 11 is 6.47. The molecule has 5 rings (SSSR count). The number of likely N-dealkylation sites (N-methyl/N-ethyl adjacent to an activating group) is 1. The third-order valence-electron chi connectivity index (χ3n) is 11.3. The van der Waals surface area contributed by atoms with E-state index in [0.29, 0.717) is 43.8 Å². The summed E-state index contributed by atoms with van der Waals surface area (Å²) in [4.78, 5) is 18.2. The van der Waals surface area contributed by atoms with Crippen molar-refractivity contribution in [1.29, 1.82) is 0 Å². The number of nitrogens with zero attached hydrogens (tertiary/aromatic N) is 2. The van der Waals surface area contributed by atoms with Crippen molar-refractivity contribution in [1.82, 2.24) is 9.62 Å². The van der Waals surface area contributed by atoms with E-state index in [-0.39, 0.29) is 35.3 Å². The molecule has 2 aromatic rings. The van der Waals surface area contributed by atoms with Gasteiger partial charge in [0, 0.05) is 49.7 Å². The van der Waals surface area contributed by atoms with Gasteiger partial charge in [-0.15, -0.1) is 0 Å². The minimum atomic E-state index is -1.48. The monoisotopic (exact) mass is 745 g/mol. The van der Waals surface area contributed by atoms with Gasteiger partial charge in [-0.1, -0.05) is 51.3 Å². The van der Waals surface area contributed by atoms with Crippen LogP contribution in [-0.4, -0.2) is 92.8 Å². The first-order chi connectivity index (χ1) is 24.6. The van der Waals surface area contributed by atoms with Crippen LogP contribution in [0.15, 0.2) is 36.4 Å². The van der Waals surface area contributed by atoms with Gasteiger partial charge in [0.15, 0.2) is 6.29 Å². The summed E-state index contributed by atoms with van der Waals surface area (Å²) in [5.74, 6) is 1.75. The van der Waals surface area contributed by atoms with Crippen LogP contribution in [0.4, 0.5) is 5.69 Å². The van der Waals surface area contributed by atoms with E-state index >= 15 is 0 Å². The number of halogens is 1. The zero-order valence-electron chi connectivity index (χ0n) is 31.5. The van der Waals surface area contributed by atoms with Gasteiger partial charge >= 0.3 is 0 Å². The summed E-state index contributed by atoms with van der Waals surface area (Å²) < 4.78 is 40.2. The van der Waals surface area contributed by atoms with E-state index in [1.165, 1.54) is 11.1 Å². The molecule has 51 heavy (non-hydrogen) atoms. The molecule has 11 heteroatoms. The molecule has 1 saturated carbocycles. The third-order valence-corrected chi connectivity index (χ3v) is 13.1. The lowest BCUT2D eigenvalue weighted by Gasteiger charge is -2.43. The second-order valence-corrected chi connectivity index (χ2v) is 16.9. The Morgan fingerprint density at radius 3 is 2.53 bits per heavy atom. The maximum absolute atomic E-state index is 13.5. The molecule has 2 aliphatic heterocycles. The lowest BCUT2D eigenvalue weighted by Crippen LogP contribution is -2.48. The molecule has 0 aromatic heterocycles. The average molecular weight is 746 g/mol. The molecule has 9 nitrogen and oxygen atoms in total.